The second-order valence-corrected chi connectivity index (χ2v) is 27.5. The van der Waals surface area contributed by atoms with Gasteiger partial charge in [0.05, 0.1) is 0 Å². The zero-order valence-electron chi connectivity index (χ0n) is 27.5. The van der Waals surface area contributed by atoms with Crippen molar-refractivity contribution in [3.63, 3.8) is 0 Å². The molecule has 0 aliphatic carbocycles. The molecule has 2 saturated heterocycles. The number of nitrogens with zero attached hydrogens (tertiary/aromatic N) is 1. The van der Waals surface area contributed by atoms with E-state index in [0.717, 1.165) is 47.6 Å². The third kappa shape index (κ3) is 7.22. The van der Waals surface area contributed by atoms with E-state index < -0.39 is 33.6 Å². The van der Waals surface area contributed by atoms with Crippen LogP contribution in [0.15, 0.2) is 91.0 Å². The van der Waals surface area contributed by atoms with E-state index in [1.165, 1.54) is 15.9 Å². The summed E-state index contributed by atoms with van der Waals surface area (Å²) in [6, 6.07) is 32.0. The predicted molar refractivity (Wildman–Crippen MR) is 185 cm³/mol. The normalized spacial score (nSPS) is 23.9. The monoisotopic (exact) mass is 723 g/mol. The van der Waals surface area contributed by atoms with Crippen LogP contribution in [-0.2, 0) is 17.1 Å². The van der Waals surface area contributed by atoms with Crippen molar-refractivity contribution >= 4 is 37.9 Å². The van der Waals surface area contributed by atoms with E-state index in [1.807, 2.05) is 0 Å². The molecule has 0 aromatic heterocycles. The number of fused-ring (bicyclic) bond motifs is 1. The van der Waals surface area contributed by atoms with Crippen LogP contribution in [0.4, 0.5) is 0 Å². The molecule has 5 rings (SSSR count). The molecule has 2 fully saturated rings. The SMILES string of the molecule is CCC[CH2][Sn]1([CH2]CCC)[O][C@H]2[C@H](O)[C@@H](CO[Si](c3ccccc3)(c3ccccc3)C(C)(C)C)N(Cc3ccccc3)C[C@@H]2[O]1. The van der Waals surface area contributed by atoms with Crippen LogP contribution in [0, 0.1) is 0 Å². The Kier molecular flexibility index (Phi) is 11.5. The molecular weight excluding hydrogens is 669 g/mol. The fraction of sp³-hybridized carbons (Fsp3) is 0.514. The maximum absolute atomic E-state index is 12.2. The molecule has 4 atom stereocenters. The molecule has 1 N–H and O–H groups in total. The first-order valence-electron chi connectivity index (χ1n) is 16.8. The zero-order chi connectivity index (χ0) is 31.2. The van der Waals surface area contributed by atoms with Gasteiger partial charge < -0.3 is 0 Å². The molecule has 44 heavy (non-hydrogen) atoms. The Morgan fingerprint density at radius 2 is 1.34 bits per heavy atom. The van der Waals surface area contributed by atoms with Gasteiger partial charge in [0, 0.05) is 0 Å². The standard InChI is InChI=1S/C29H35NO4Si.2C4H9.Sn/c1-29(2,3)35(23-15-9-5-10-16-23,24-17-11-6-12-18-24)34-21-25-27(32)28(33)26(31)20-30(25)19-22-13-7-4-8-14-22;2*1-3-4-2;/h4-18,25-28,32H,19-21H2,1-3H3;2*1,3-4H2,2H3;/q-2;;;+2/t25-,26+,27-,28-;;;/m1.../s1. The predicted octanol–water partition coefficient (Wildman–Crippen LogP) is 6.63. The van der Waals surface area contributed by atoms with Gasteiger partial charge in [0.25, 0.3) is 0 Å². The quantitative estimate of drug-likeness (QED) is 0.201. The van der Waals surface area contributed by atoms with E-state index >= 15 is 0 Å². The second kappa shape index (κ2) is 14.9. The van der Waals surface area contributed by atoms with Crippen molar-refractivity contribution in [3.05, 3.63) is 96.6 Å². The number of hydrogen-bond donors (Lipinski definition) is 1. The molecule has 3 aromatic carbocycles. The van der Waals surface area contributed by atoms with E-state index in [-0.39, 0.29) is 23.3 Å². The van der Waals surface area contributed by atoms with Gasteiger partial charge >= 0.3 is 273 Å². The van der Waals surface area contributed by atoms with Crippen molar-refractivity contribution in [3.8, 4) is 0 Å². The third-order valence-corrected chi connectivity index (χ3v) is 25.1. The van der Waals surface area contributed by atoms with Gasteiger partial charge in [-0.3, -0.25) is 0 Å². The topological polar surface area (TPSA) is 51.2 Å². The van der Waals surface area contributed by atoms with Gasteiger partial charge in [0.1, 0.15) is 0 Å². The summed E-state index contributed by atoms with van der Waals surface area (Å²) < 4.78 is 23.7. The van der Waals surface area contributed by atoms with Gasteiger partial charge in [0.15, 0.2) is 0 Å². The van der Waals surface area contributed by atoms with E-state index in [0.29, 0.717) is 6.61 Å². The molecule has 3 aromatic rings. The van der Waals surface area contributed by atoms with Gasteiger partial charge in [-0.15, -0.1) is 0 Å². The maximum atomic E-state index is 12.2. The van der Waals surface area contributed by atoms with Crippen LogP contribution in [0.2, 0.25) is 13.9 Å². The van der Waals surface area contributed by atoms with Crippen LogP contribution in [0.1, 0.15) is 65.9 Å². The van der Waals surface area contributed by atoms with E-state index in [4.69, 9.17) is 10.6 Å². The van der Waals surface area contributed by atoms with Crippen molar-refractivity contribution < 1.29 is 15.7 Å². The first-order chi connectivity index (χ1) is 21.2. The summed E-state index contributed by atoms with van der Waals surface area (Å²) in [5, 5.41) is 14.6. The minimum absolute atomic E-state index is 0.0812. The summed E-state index contributed by atoms with van der Waals surface area (Å²) in [6.07, 6.45) is 3.53. The number of unbranched alkanes of at least 4 members (excludes halogenated alkanes) is 2. The Morgan fingerprint density at radius 1 is 0.818 bits per heavy atom. The molecule has 5 nitrogen and oxygen atoms in total. The number of likely N-dealkylation sites (tertiary alicyclic amines) is 1. The molecule has 0 spiro atoms. The number of piperidine rings is 1. The average Bonchev–Trinajstić information content (AvgIpc) is 3.40. The molecule has 2 aliphatic heterocycles. The third-order valence-electron chi connectivity index (χ3n) is 9.64. The van der Waals surface area contributed by atoms with Gasteiger partial charge in [0.2, 0.25) is 0 Å². The van der Waals surface area contributed by atoms with Gasteiger partial charge in [-0.2, -0.15) is 0 Å². The number of aliphatic hydroxyl groups excluding tert-OH is 1. The van der Waals surface area contributed by atoms with Crippen molar-refractivity contribution in [2.75, 3.05) is 13.2 Å². The van der Waals surface area contributed by atoms with Crippen molar-refractivity contribution in [2.24, 2.45) is 0 Å². The molecule has 2 heterocycles. The van der Waals surface area contributed by atoms with E-state index in [2.05, 4.69) is 131 Å². The summed E-state index contributed by atoms with van der Waals surface area (Å²) in [7, 11) is -2.78. The van der Waals surface area contributed by atoms with Gasteiger partial charge in [-0.25, -0.2) is 0 Å². The summed E-state index contributed by atoms with van der Waals surface area (Å²) in [6.45, 7) is 13.4. The number of aliphatic hydroxyl groups is 1. The Morgan fingerprint density at radius 3 is 1.84 bits per heavy atom. The summed E-state index contributed by atoms with van der Waals surface area (Å²) in [5.41, 5.74) is 1.24. The van der Waals surface area contributed by atoms with Crippen LogP contribution in [0.3, 0.4) is 0 Å². The number of benzene rings is 3. The van der Waals surface area contributed by atoms with Crippen molar-refractivity contribution in [2.45, 2.75) is 105 Å². The molecule has 7 heteroatoms. The average molecular weight is 723 g/mol. The van der Waals surface area contributed by atoms with Crippen LogP contribution >= 0.6 is 0 Å². The van der Waals surface area contributed by atoms with Crippen LogP contribution < -0.4 is 10.4 Å². The van der Waals surface area contributed by atoms with Gasteiger partial charge in [-0.1, -0.05) is 0 Å². The molecule has 0 bridgehead atoms. The van der Waals surface area contributed by atoms with Crippen molar-refractivity contribution in [1.29, 1.82) is 0 Å². The number of rotatable bonds is 13. The zero-order valence-corrected chi connectivity index (χ0v) is 31.3. The molecule has 0 radical (unpaired) electrons. The molecule has 0 unspecified atom stereocenters. The van der Waals surface area contributed by atoms with E-state index in [1.54, 1.807) is 0 Å². The molecule has 0 amide bonds. The Hall–Kier alpha value is -1.52. The van der Waals surface area contributed by atoms with Crippen LogP contribution in [0.25, 0.3) is 0 Å². The van der Waals surface area contributed by atoms with Crippen LogP contribution in [0.5, 0.6) is 0 Å². The summed E-state index contributed by atoms with van der Waals surface area (Å²) >= 11 is -3.33. The Labute approximate surface area is 272 Å². The fourth-order valence-corrected chi connectivity index (χ4v) is 23.7. The molecule has 0 saturated carbocycles. The van der Waals surface area contributed by atoms with Crippen LogP contribution in [-0.4, -0.2) is 75.0 Å². The Balaban J connectivity index is 1.50. The summed E-state index contributed by atoms with van der Waals surface area (Å²) in [5.74, 6) is 0. The molecular formula is C37H53NO4SiSn. The summed E-state index contributed by atoms with van der Waals surface area (Å²) in [4.78, 5) is 2.42. The first kappa shape index (κ1) is 33.8. The van der Waals surface area contributed by atoms with Gasteiger partial charge in [-0.05, 0) is 0 Å². The number of hydrogen-bond acceptors (Lipinski definition) is 5. The molecule has 2 aliphatic rings. The van der Waals surface area contributed by atoms with Crippen molar-refractivity contribution in [1.82, 2.24) is 4.90 Å². The second-order valence-electron chi connectivity index (χ2n) is 13.8. The first-order valence-corrected chi connectivity index (χ1v) is 25.1. The minimum atomic E-state index is -3.33. The molecule has 238 valence electrons. The Bertz CT molecular complexity index is 1240. The van der Waals surface area contributed by atoms with E-state index in [9.17, 15) is 5.11 Å². The fourth-order valence-electron chi connectivity index (χ4n) is 7.36.